The lowest BCUT2D eigenvalue weighted by Crippen LogP contribution is -2.55. The Labute approximate surface area is 135 Å². The number of halogens is 2. The van der Waals surface area contributed by atoms with E-state index in [1.165, 1.54) is 0 Å². The van der Waals surface area contributed by atoms with Crippen molar-refractivity contribution in [3.05, 3.63) is 23.8 Å². The summed E-state index contributed by atoms with van der Waals surface area (Å²) in [6, 6.07) is 1.27. The van der Waals surface area contributed by atoms with Gasteiger partial charge < -0.3 is 10.6 Å². The smallest absolute Gasteiger partial charge is 0.247 e. The van der Waals surface area contributed by atoms with Crippen molar-refractivity contribution in [3.63, 3.8) is 0 Å². The van der Waals surface area contributed by atoms with E-state index in [0.717, 1.165) is 30.0 Å². The third-order valence-electron chi connectivity index (χ3n) is 4.37. The highest BCUT2D eigenvalue weighted by atomic mass is 19.2. The number of carbonyl (C=O) groups is 1. The molecule has 0 bridgehead atoms. The van der Waals surface area contributed by atoms with Crippen molar-refractivity contribution in [2.45, 2.75) is 45.7 Å². The van der Waals surface area contributed by atoms with Crippen molar-refractivity contribution in [1.29, 1.82) is 0 Å². The van der Waals surface area contributed by atoms with Crippen molar-refractivity contribution in [2.75, 3.05) is 17.3 Å². The number of benzene rings is 1. The zero-order valence-corrected chi connectivity index (χ0v) is 13.7. The molecule has 1 aromatic rings. The number of carbonyl (C=O) groups excluding carboxylic acids is 1. The van der Waals surface area contributed by atoms with E-state index in [1.807, 2.05) is 20.8 Å². The number of hydrazine groups is 1. The zero-order valence-electron chi connectivity index (χ0n) is 13.7. The number of likely N-dealkylation sites (tertiary alicyclic amines) is 1. The zero-order chi connectivity index (χ0) is 17.3. The number of hydrogen-bond donors (Lipinski definition) is 2. The minimum absolute atomic E-state index is 0.000629. The lowest BCUT2D eigenvalue weighted by molar-refractivity contribution is -0.134. The van der Waals surface area contributed by atoms with Gasteiger partial charge in [0.15, 0.2) is 11.6 Å². The summed E-state index contributed by atoms with van der Waals surface area (Å²) in [5, 5.41) is 1.16. The number of nitrogens with two attached hydrogens (primary N) is 2. The highest BCUT2D eigenvalue weighted by Crippen LogP contribution is 2.29. The fourth-order valence-electron chi connectivity index (χ4n) is 3.08. The molecule has 0 radical (unpaired) electrons. The molecule has 0 aromatic heterocycles. The Hall–Kier alpha value is -1.89. The van der Waals surface area contributed by atoms with Crippen LogP contribution in [-0.4, -0.2) is 29.4 Å². The maximum atomic E-state index is 13.5. The van der Waals surface area contributed by atoms with Crippen molar-refractivity contribution >= 4 is 17.3 Å². The van der Waals surface area contributed by atoms with Gasteiger partial charge in [-0.05, 0) is 25.7 Å². The monoisotopic (exact) mass is 326 g/mol. The molecule has 1 aromatic carbocycles. The van der Waals surface area contributed by atoms with Gasteiger partial charge >= 0.3 is 0 Å². The Bertz CT molecular complexity index is 594. The van der Waals surface area contributed by atoms with Crippen LogP contribution in [0.15, 0.2) is 12.1 Å². The minimum Gasteiger partial charge on any atom is -0.397 e. The summed E-state index contributed by atoms with van der Waals surface area (Å²) >= 11 is 0. The van der Waals surface area contributed by atoms with Gasteiger partial charge in [0.1, 0.15) is 6.04 Å². The molecule has 1 amide bonds. The van der Waals surface area contributed by atoms with E-state index in [0.29, 0.717) is 6.54 Å². The molecule has 1 aliphatic heterocycles. The Balaban J connectivity index is 2.34. The molecule has 2 rings (SSSR count). The van der Waals surface area contributed by atoms with E-state index in [1.54, 1.807) is 4.90 Å². The number of amides is 1. The van der Waals surface area contributed by atoms with Crippen LogP contribution in [0.4, 0.5) is 20.2 Å². The van der Waals surface area contributed by atoms with Crippen LogP contribution in [0, 0.1) is 17.6 Å². The number of rotatable bonds is 4. The Kier molecular flexibility index (Phi) is 5.09. The predicted octanol–water partition coefficient (Wildman–Crippen LogP) is 2.26. The van der Waals surface area contributed by atoms with Crippen molar-refractivity contribution in [3.8, 4) is 0 Å². The van der Waals surface area contributed by atoms with Crippen LogP contribution >= 0.6 is 0 Å². The molecule has 7 heteroatoms. The molecular formula is C16H24F2N4O. The second-order valence-corrected chi connectivity index (χ2v) is 6.44. The topological polar surface area (TPSA) is 75.6 Å². The molecule has 1 fully saturated rings. The van der Waals surface area contributed by atoms with Crippen molar-refractivity contribution in [2.24, 2.45) is 11.8 Å². The van der Waals surface area contributed by atoms with E-state index < -0.39 is 17.7 Å². The summed E-state index contributed by atoms with van der Waals surface area (Å²) in [5.41, 5.74) is 5.87. The molecule has 0 spiro atoms. The molecule has 0 aliphatic carbocycles. The van der Waals surface area contributed by atoms with Gasteiger partial charge in [-0.1, -0.05) is 13.8 Å². The van der Waals surface area contributed by atoms with Gasteiger partial charge in [-0.25, -0.2) is 14.6 Å². The summed E-state index contributed by atoms with van der Waals surface area (Å²) in [4.78, 5) is 14.7. The van der Waals surface area contributed by atoms with E-state index in [-0.39, 0.29) is 29.2 Å². The van der Waals surface area contributed by atoms with E-state index in [4.69, 9.17) is 11.6 Å². The molecule has 2 unspecified atom stereocenters. The fraction of sp³-hybridized carbons (Fsp3) is 0.562. The molecule has 0 saturated carbocycles. The summed E-state index contributed by atoms with van der Waals surface area (Å²) in [5.74, 6) is 3.77. The summed E-state index contributed by atoms with van der Waals surface area (Å²) < 4.78 is 26.8. The van der Waals surface area contributed by atoms with Gasteiger partial charge in [-0.15, -0.1) is 0 Å². The molecule has 5 nitrogen and oxygen atoms in total. The van der Waals surface area contributed by atoms with E-state index >= 15 is 0 Å². The molecule has 1 heterocycles. The summed E-state index contributed by atoms with van der Waals surface area (Å²) in [6.07, 6.45) is 1.91. The van der Waals surface area contributed by atoms with Crippen LogP contribution in [0.25, 0.3) is 0 Å². The first kappa shape index (κ1) is 17.5. The lowest BCUT2D eigenvalue weighted by atomic mass is 10.0. The summed E-state index contributed by atoms with van der Waals surface area (Å²) in [6.45, 7) is 6.40. The second kappa shape index (κ2) is 6.70. The quantitative estimate of drug-likeness (QED) is 0.505. The Morgan fingerprint density at radius 1 is 1.35 bits per heavy atom. The van der Waals surface area contributed by atoms with Crippen LogP contribution in [0.1, 0.15) is 33.6 Å². The molecule has 1 saturated heterocycles. The van der Waals surface area contributed by atoms with Crippen molar-refractivity contribution < 1.29 is 13.6 Å². The fourth-order valence-corrected chi connectivity index (χ4v) is 3.08. The second-order valence-electron chi connectivity index (χ2n) is 6.44. The van der Waals surface area contributed by atoms with Gasteiger partial charge in [0.25, 0.3) is 0 Å². The number of hydrogen-bond acceptors (Lipinski definition) is 4. The third kappa shape index (κ3) is 3.39. The predicted molar refractivity (Wildman–Crippen MR) is 86.5 cm³/mol. The van der Waals surface area contributed by atoms with Crippen LogP contribution in [0.2, 0.25) is 0 Å². The van der Waals surface area contributed by atoms with Gasteiger partial charge in [0, 0.05) is 24.7 Å². The highest BCUT2D eigenvalue weighted by molar-refractivity contribution is 5.87. The first-order chi connectivity index (χ1) is 10.7. The average molecular weight is 326 g/mol. The van der Waals surface area contributed by atoms with Crippen LogP contribution in [-0.2, 0) is 4.79 Å². The Morgan fingerprint density at radius 3 is 2.48 bits per heavy atom. The molecule has 2 atom stereocenters. The summed E-state index contributed by atoms with van der Waals surface area (Å²) in [7, 11) is 0. The van der Waals surface area contributed by atoms with E-state index in [2.05, 4.69) is 0 Å². The van der Waals surface area contributed by atoms with Gasteiger partial charge in [0.2, 0.25) is 5.91 Å². The largest absolute Gasteiger partial charge is 0.397 e. The molecular weight excluding hydrogens is 302 g/mol. The molecule has 1 aliphatic rings. The molecule has 23 heavy (non-hydrogen) atoms. The minimum atomic E-state index is -1.05. The first-order valence-corrected chi connectivity index (χ1v) is 7.83. The van der Waals surface area contributed by atoms with Crippen molar-refractivity contribution in [1.82, 2.24) is 4.90 Å². The van der Waals surface area contributed by atoms with Crippen LogP contribution < -0.4 is 16.6 Å². The van der Waals surface area contributed by atoms with Gasteiger partial charge in [-0.3, -0.25) is 9.80 Å². The number of nitrogen functional groups attached to an aromatic ring is 1. The standard InChI is InChI=1S/C16H24F2N4O/c1-9(2)15(16(23)21-6-4-5-10(21)3)22(20)14-8-12(18)11(17)7-13(14)19/h7-10,15H,4-6,19-20H2,1-3H3. The maximum Gasteiger partial charge on any atom is 0.247 e. The maximum absolute atomic E-state index is 13.5. The highest BCUT2D eigenvalue weighted by Gasteiger charge is 2.36. The van der Waals surface area contributed by atoms with E-state index in [9.17, 15) is 13.6 Å². The Morgan fingerprint density at radius 2 is 1.96 bits per heavy atom. The average Bonchev–Trinajstić information content (AvgIpc) is 2.88. The van der Waals surface area contributed by atoms with Gasteiger partial charge in [0.05, 0.1) is 11.4 Å². The van der Waals surface area contributed by atoms with Crippen LogP contribution in [0.3, 0.4) is 0 Å². The molecule has 128 valence electrons. The normalized spacial score (nSPS) is 19.3. The van der Waals surface area contributed by atoms with Gasteiger partial charge in [-0.2, -0.15) is 0 Å². The SMILES string of the molecule is CC(C)C(C(=O)N1CCCC1C)N(N)c1cc(F)c(F)cc1N. The van der Waals surface area contributed by atoms with Crippen LogP contribution in [0.5, 0.6) is 0 Å². The first-order valence-electron chi connectivity index (χ1n) is 7.83. The molecule has 4 N–H and O–H groups in total. The lowest BCUT2D eigenvalue weighted by Gasteiger charge is -2.35. The third-order valence-corrected chi connectivity index (χ3v) is 4.37. The number of anilines is 2. The number of nitrogens with zero attached hydrogens (tertiary/aromatic N) is 2.